The molecule has 0 aromatic heterocycles. The van der Waals surface area contributed by atoms with Gasteiger partial charge in [0.25, 0.3) is 0 Å². The SMILES string of the molecule is CCOC(=O)CC1CCCC1C(C)=O. The van der Waals surface area contributed by atoms with Gasteiger partial charge in [-0.2, -0.15) is 0 Å². The van der Waals surface area contributed by atoms with Crippen molar-refractivity contribution in [3.8, 4) is 0 Å². The Morgan fingerprint density at radius 1 is 1.36 bits per heavy atom. The molecule has 14 heavy (non-hydrogen) atoms. The highest BCUT2D eigenvalue weighted by Gasteiger charge is 2.32. The zero-order valence-electron chi connectivity index (χ0n) is 8.91. The average molecular weight is 198 g/mol. The normalized spacial score (nSPS) is 26.1. The number of hydrogen-bond acceptors (Lipinski definition) is 3. The second-order valence-electron chi connectivity index (χ2n) is 3.92. The molecule has 0 spiro atoms. The van der Waals surface area contributed by atoms with Crippen molar-refractivity contribution in [2.75, 3.05) is 6.61 Å². The summed E-state index contributed by atoms with van der Waals surface area (Å²) >= 11 is 0. The molecule has 0 amide bonds. The third-order valence-corrected chi connectivity index (χ3v) is 2.92. The average Bonchev–Trinajstić information content (AvgIpc) is 2.52. The molecule has 1 fully saturated rings. The first kappa shape index (κ1) is 11.2. The van der Waals surface area contributed by atoms with Crippen molar-refractivity contribution in [3.63, 3.8) is 0 Å². The molecule has 3 nitrogen and oxygen atoms in total. The van der Waals surface area contributed by atoms with Gasteiger partial charge in [-0.05, 0) is 32.6 Å². The van der Waals surface area contributed by atoms with Crippen LogP contribution in [0.25, 0.3) is 0 Å². The number of hydrogen-bond donors (Lipinski definition) is 0. The third-order valence-electron chi connectivity index (χ3n) is 2.92. The minimum absolute atomic E-state index is 0.0967. The minimum Gasteiger partial charge on any atom is -0.466 e. The molecule has 0 radical (unpaired) electrons. The van der Waals surface area contributed by atoms with Crippen LogP contribution in [0.15, 0.2) is 0 Å². The maximum Gasteiger partial charge on any atom is 0.306 e. The van der Waals surface area contributed by atoms with E-state index in [2.05, 4.69) is 0 Å². The smallest absolute Gasteiger partial charge is 0.306 e. The molecule has 80 valence electrons. The molecule has 1 aliphatic rings. The summed E-state index contributed by atoms with van der Waals surface area (Å²) in [4.78, 5) is 22.5. The summed E-state index contributed by atoms with van der Waals surface area (Å²) in [5.74, 6) is 0.383. The van der Waals surface area contributed by atoms with Crippen LogP contribution in [-0.4, -0.2) is 18.4 Å². The fourth-order valence-corrected chi connectivity index (χ4v) is 2.25. The number of carbonyl (C=O) groups is 2. The molecular weight excluding hydrogens is 180 g/mol. The highest BCUT2D eigenvalue weighted by Crippen LogP contribution is 2.34. The molecule has 0 aromatic rings. The standard InChI is InChI=1S/C11H18O3/c1-3-14-11(13)7-9-5-4-6-10(9)8(2)12/h9-10H,3-7H2,1-2H3. The van der Waals surface area contributed by atoms with Crippen molar-refractivity contribution in [2.24, 2.45) is 11.8 Å². The highest BCUT2D eigenvalue weighted by molar-refractivity contribution is 5.80. The third kappa shape index (κ3) is 2.82. The molecule has 2 atom stereocenters. The first-order chi connectivity index (χ1) is 6.65. The van der Waals surface area contributed by atoms with Crippen molar-refractivity contribution in [3.05, 3.63) is 0 Å². The predicted octanol–water partition coefficient (Wildman–Crippen LogP) is 1.94. The van der Waals surface area contributed by atoms with Crippen LogP contribution in [0.2, 0.25) is 0 Å². The van der Waals surface area contributed by atoms with Crippen molar-refractivity contribution >= 4 is 11.8 Å². The Morgan fingerprint density at radius 3 is 2.64 bits per heavy atom. The molecular formula is C11H18O3. The topological polar surface area (TPSA) is 43.4 Å². The summed E-state index contributed by atoms with van der Waals surface area (Å²) in [6.07, 6.45) is 3.41. The number of carbonyl (C=O) groups excluding carboxylic acids is 2. The number of rotatable bonds is 4. The maximum absolute atomic E-state index is 11.2. The molecule has 0 N–H and O–H groups in total. The van der Waals surface area contributed by atoms with Gasteiger partial charge < -0.3 is 4.74 Å². The van der Waals surface area contributed by atoms with E-state index in [-0.39, 0.29) is 23.6 Å². The number of Topliss-reactive ketones (excluding diaryl/α,β-unsaturated/α-hetero) is 1. The second kappa shape index (κ2) is 5.13. The first-order valence-electron chi connectivity index (χ1n) is 5.31. The first-order valence-corrected chi connectivity index (χ1v) is 5.31. The van der Waals surface area contributed by atoms with Crippen molar-refractivity contribution in [1.29, 1.82) is 0 Å². The molecule has 0 bridgehead atoms. The molecule has 0 aliphatic heterocycles. The Bertz CT molecular complexity index is 223. The van der Waals surface area contributed by atoms with E-state index in [1.807, 2.05) is 0 Å². The van der Waals surface area contributed by atoms with Crippen LogP contribution in [0.1, 0.15) is 39.5 Å². The van der Waals surface area contributed by atoms with Crippen LogP contribution in [0.3, 0.4) is 0 Å². The van der Waals surface area contributed by atoms with Crippen molar-refractivity contribution in [1.82, 2.24) is 0 Å². The predicted molar refractivity (Wildman–Crippen MR) is 52.8 cm³/mol. The van der Waals surface area contributed by atoms with Gasteiger partial charge in [-0.1, -0.05) is 6.42 Å². The maximum atomic E-state index is 11.2. The van der Waals surface area contributed by atoms with Crippen LogP contribution < -0.4 is 0 Å². The zero-order valence-corrected chi connectivity index (χ0v) is 8.91. The number of esters is 1. The van der Waals surface area contributed by atoms with E-state index < -0.39 is 0 Å². The monoisotopic (exact) mass is 198 g/mol. The van der Waals surface area contributed by atoms with Crippen molar-refractivity contribution < 1.29 is 14.3 Å². The minimum atomic E-state index is -0.161. The molecule has 2 unspecified atom stereocenters. The summed E-state index contributed by atoms with van der Waals surface area (Å²) in [5, 5.41) is 0. The summed E-state index contributed by atoms with van der Waals surface area (Å²) in [6, 6.07) is 0. The quantitative estimate of drug-likeness (QED) is 0.648. The van der Waals surface area contributed by atoms with E-state index in [1.165, 1.54) is 0 Å². The lowest BCUT2D eigenvalue weighted by Crippen LogP contribution is -2.20. The number of ketones is 1. The van der Waals surface area contributed by atoms with Gasteiger partial charge in [0.2, 0.25) is 0 Å². The summed E-state index contributed by atoms with van der Waals surface area (Å²) in [6.45, 7) is 3.85. The van der Waals surface area contributed by atoms with E-state index in [0.29, 0.717) is 13.0 Å². The van der Waals surface area contributed by atoms with Gasteiger partial charge in [0.05, 0.1) is 6.61 Å². The molecule has 0 heterocycles. The van der Waals surface area contributed by atoms with E-state index in [4.69, 9.17) is 4.74 Å². The molecule has 0 saturated heterocycles. The Labute approximate surface area is 84.8 Å². The fourth-order valence-electron chi connectivity index (χ4n) is 2.25. The van der Waals surface area contributed by atoms with E-state index >= 15 is 0 Å². The van der Waals surface area contributed by atoms with Crippen LogP contribution in [0, 0.1) is 11.8 Å². The molecule has 1 saturated carbocycles. The zero-order chi connectivity index (χ0) is 10.6. The van der Waals surface area contributed by atoms with Crippen LogP contribution in [-0.2, 0) is 14.3 Å². The second-order valence-corrected chi connectivity index (χ2v) is 3.92. The van der Waals surface area contributed by atoms with E-state index in [0.717, 1.165) is 19.3 Å². The largest absolute Gasteiger partial charge is 0.466 e. The van der Waals surface area contributed by atoms with Gasteiger partial charge in [0, 0.05) is 12.3 Å². The summed E-state index contributed by atoms with van der Waals surface area (Å²) < 4.78 is 4.88. The van der Waals surface area contributed by atoms with Gasteiger partial charge >= 0.3 is 5.97 Å². The van der Waals surface area contributed by atoms with Crippen molar-refractivity contribution in [2.45, 2.75) is 39.5 Å². The summed E-state index contributed by atoms with van der Waals surface area (Å²) in [7, 11) is 0. The molecule has 3 heteroatoms. The molecule has 1 rings (SSSR count). The Morgan fingerprint density at radius 2 is 2.07 bits per heavy atom. The van der Waals surface area contributed by atoms with Gasteiger partial charge in [0.15, 0.2) is 0 Å². The Hall–Kier alpha value is -0.860. The Kier molecular flexibility index (Phi) is 4.11. The highest BCUT2D eigenvalue weighted by atomic mass is 16.5. The number of ether oxygens (including phenoxy) is 1. The fraction of sp³-hybridized carbons (Fsp3) is 0.818. The van der Waals surface area contributed by atoms with Gasteiger partial charge in [-0.25, -0.2) is 0 Å². The summed E-state index contributed by atoms with van der Waals surface area (Å²) in [5.41, 5.74) is 0. The van der Waals surface area contributed by atoms with Crippen LogP contribution in [0.5, 0.6) is 0 Å². The Balaban J connectivity index is 2.43. The molecule has 0 aromatic carbocycles. The van der Waals surface area contributed by atoms with Crippen LogP contribution in [0.4, 0.5) is 0 Å². The van der Waals surface area contributed by atoms with E-state index in [9.17, 15) is 9.59 Å². The lowest BCUT2D eigenvalue weighted by Gasteiger charge is -2.15. The lowest BCUT2D eigenvalue weighted by atomic mass is 9.90. The molecule has 1 aliphatic carbocycles. The van der Waals surface area contributed by atoms with E-state index in [1.54, 1.807) is 13.8 Å². The lowest BCUT2D eigenvalue weighted by molar-refractivity contribution is -0.144. The van der Waals surface area contributed by atoms with Gasteiger partial charge in [-0.3, -0.25) is 9.59 Å². The van der Waals surface area contributed by atoms with Crippen LogP contribution >= 0.6 is 0 Å². The van der Waals surface area contributed by atoms with Gasteiger partial charge in [-0.15, -0.1) is 0 Å². The van der Waals surface area contributed by atoms with Gasteiger partial charge in [0.1, 0.15) is 5.78 Å².